The summed E-state index contributed by atoms with van der Waals surface area (Å²) < 4.78 is 1.84. The van der Waals surface area contributed by atoms with Gasteiger partial charge in [-0.25, -0.2) is 4.68 Å². The van der Waals surface area contributed by atoms with E-state index in [0.717, 1.165) is 35.4 Å². The van der Waals surface area contributed by atoms with Crippen molar-refractivity contribution < 1.29 is 5.11 Å². The Balaban J connectivity index is 1.67. The smallest absolute Gasteiger partial charge is 0.233 e. The molecular formula is C22H22N6O. The van der Waals surface area contributed by atoms with Crippen LogP contribution in [0.1, 0.15) is 11.1 Å². The Morgan fingerprint density at radius 2 is 1.90 bits per heavy atom. The maximum atomic E-state index is 9.28. The van der Waals surface area contributed by atoms with E-state index >= 15 is 0 Å². The SMILES string of the molecule is Cc1ccc(-n2ncc3c(NCCO)nc(N4CCc5ccccc54)nc32)cc1. The fraction of sp³-hybridized carbons (Fsp3) is 0.227. The van der Waals surface area contributed by atoms with Crippen LogP contribution in [-0.4, -0.2) is 44.6 Å². The molecule has 29 heavy (non-hydrogen) atoms. The van der Waals surface area contributed by atoms with Crippen molar-refractivity contribution in [3.63, 3.8) is 0 Å². The van der Waals surface area contributed by atoms with Gasteiger partial charge in [0.2, 0.25) is 5.95 Å². The zero-order valence-corrected chi connectivity index (χ0v) is 16.2. The highest BCUT2D eigenvalue weighted by Crippen LogP contribution is 2.34. The largest absolute Gasteiger partial charge is 0.395 e. The van der Waals surface area contributed by atoms with Crippen molar-refractivity contribution in [2.24, 2.45) is 0 Å². The Kier molecular flexibility index (Phi) is 4.37. The van der Waals surface area contributed by atoms with Gasteiger partial charge in [0.1, 0.15) is 5.82 Å². The molecule has 0 fully saturated rings. The normalized spacial score (nSPS) is 13.1. The lowest BCUT2D eigenvalue weighted by atomic mass is 10.2. The average Bonchev–Trinajstić information content (AvgIpc) is 3.37. The van der Waals surface area contributed by atoms with E-state index in [1.165, 1.54) is 11.1 Å². The Bertz CT molecular complexity index is 1170. The van der Waals surface area contributed by atoms with E-state index in [2.05, 4.69) is 52.6 Å². The van der Waals surface area contributed by atoms with Crippen molar-refractivity contribution in [2.45, 2.75) is 13.3 Å². The highest BCUT2D eigenvalue weighted by atomic mass is 16.3. The molecule has 0 unspecified atom stereocenters. The van der Waals surface area contributed by atoms with Gasteiger partial charge in [-0.2, -0.15) is 15.1 Å². The molecular weight excluding hydrogens is 364 g/mol. The molecule has 4 aromatic rings. The van der Waals surface area contributed by atoms with Crippen molar-refractivity contribution in [3.05, 3.63) is 65.9 Å². The number of aliphatic hydroxyl groups is 1. The lowest BCUT2D eigenvalue weighted by Gasteiger charge is -2.18. The van der Waals surface area contributed by atoms with Crippen LogP contribution in [0.2, 0.25) is 0 Å². The molecule has 0 amide bonds. The molecule has 7 heteroatoms. The molecule has 0 spiro atoms. The van der Waals surface area contributed by atoms with Gasteiger partial charge >= 0.3 is 0 Å². The minimum absolute atomic E-state index is 0.0273. The van der Waals surface area contributed by atoms with E-state index in [-0.39, 0.29) is 6.61 Å². The third-order valence-corrected chi connectivity index (χ3v) is 5.23. The number of aliphatic hydroxyl groups excluding tert-OH is 1. The first-order chi connectivity index (χ1) is 14.2. The van der Waals surface area contributed by atoms with Gasteiger partial charge in [-0.3, -0.25) is 0 Å². The number of nitrogens with one attached hydrogen (secondary N) is 1. The van der Waals surface area contributed by atoms with E-state index < -0.39 is 0 Å². The first kappa shape index (κ1) is 17.6. The van der Waals surface area contributed by atoms with Gasteiger partial charge in [0.05, 0.1) is 23.9 Å². The van der Waals surface area contributed by atoms with Gasteiger partial charge < -0.3 is 15.3 Å². The standard InChI is InChI=1S/C22H22N6O/c1-15-6-8-17(9-7-15)28-21-18(14-24-28)20(23-11-13-29)25-22(26-21)27-12-10-16-4-2-3-5-19(16)27/h2-9,14,29H,10-13H2,1H3,(H,23,25,26). The summed E-state index contributed by atoms with van der Waals surface area (Å²) in [5.41, 5.74) is 5.32. The summed E-state index contributed by atoms with van der Waals surface area (Å²) in [5.74, 6) is 1.32. The van der Waals surface area contributed by atoms with Gasteiger partial charge in [0.15, 0.2) is 5.65 Å². The molecule has 146 valence electrons. The zero-order chi connectivity index (χ0) is 19.8. The molecule has 0 bridgehead atoms. The molecule has 5 rings (SSSR count). The van der Waals surface area contributed by atoms with Gasteiger partial charge in [-0.15, -0.1) is 0 Å². The molecule has 0 atom stereocenters. The molecule has 0 aliphatic carbocycles. The summed E-state index contributed by atoms with van der Waals surface area (Å²) in [7, 11) is 0. The number of anilines is 3. The summed E-state index contributed by atoms with van der Waals surface area (Å²) in [6, 6.07) is 16.6. The van der Waals surface area contributed by atoms with Crippen molar-refractivity contribution in [1.82, 2.24) is 19.7 Å². The van der Waals surface area contributed by atoms with Crippen LogP contribution in [-0.2, 0) is 6.42 Å². The summed E-state index contributed by atoms with van der Waals surface area (Å²) in [4.78, 5) is 11.8. The minimum atomic E-state index is 0.0273. The van der Waals surface area contributed by atoms with Crippen LogP contribution >= 0.6 is 0 Å². The number of rotatable bonds is 5. The van der Waals surface area contributed by atoms with Crippen molar-refractivity contribution in [2.75, 3.05) is 29.9 Å². The summed E-state index contributed by atoms with van der Waals surface area (Å²) >= 11 is 0. The van der Waals surface area contributed by atoms with Crippen LogP contribution < -0.4 is 10.2 Å². The highest BCUT2D eigenvalue weighted by Gasteiger charge is 2.24. The van der Waals surface area contributed by atoms with Gasteiger partial charge in [-0.05, 0) is 37.1 Å². The quantitative estimate of drug-likeness (QED) is 0.548. The molecule has 2 aromatic carbocycles. The fourth-order valence-corrected chi connectivity index (χ4v) is 3.75. The third-order valence-electron chi connectivity index (χ3n) is 5.23. The van der Waals surface area contributed by atoms with E-state index in [0.29, 0.717) is 18.3 Å². The van der Waals surface area contributed by atoms with Gasteiger partial charge in [0.25, 0.3) is 0 Å². The molecule has 0 radical (unpaired) electrons. The maximum absolute atomic E-state index is 9.28. The zero-order valence-electron chi connectivity index (χ0n) is 16.2. The maximum Gasteiger partial charge on any atom is 0.233 e. The van der Waals surface area contributed by atoms with Crippen LogP contribution in [0.25, 0.3) is 16.7 Å². The summed E-state index contributed by atoms with van der Waals surface area (Å²) in [6.07, 6.45) is 2.74. The first-order valence-electron chi connectivity index (χ1n) is 9.77. The number of aryl methyl sites for hydroxylation is 1. The van der Waals surface area contributed by atoms with E-state index in [1.807, 2.05) is 22.9 Å². The first-order valence-corrected chi connectivity index (χ1v) is 9.77. The van der Waals surface area contributed by atoms with Crippen LogP contribution in [0, 0.1) is 6.92 Å². The third kappa shape index (κ3) is 3.09. The number of para-hydroxylation sites is 1. The van der Waals surface area contributed by atoms with E-state index in [9.17, 15) is 5.11 Å². The molecule has 0 saturated carbocycles. The van der Waals surface area contributed by atoms with Crippen molar-refractivity contribution in [3.8, 4) is 5.69 Å². The number of aromatic nitrogens is 4. The second-order valence-electron chi connectivity index (χ2n) is 7.18. The Labute approximate surface area is 168 Å². The Morgan fingerprint density at radius 3 is 2.72 bits per heavy atom. The number of benzene rings is 2. The minimum Gasteiger partial charge on any atom is -0.395 e. The molecule has 3 heterocycles. The van der Waals surface area contributed by atoms with Gasteiger partial charge in [0, 0.05) is 18.8 Å². The highest BCUT2D eigenvalue weighted by molar-refractivity contribution is 5.89. The van der Waals surface area contributed by atoms with Crippen molar-refractivity contribution >= 4 is 28.5 Å². The summed E-state index contributed by atoms with van der Waals surface area (Å²) in [6.45, 7) is 3.34. The second-order valence-corrected chi connectivity index (χ2v) is 7.18. The fourth-order valence-electron chi connectivity index (χ4n) is 3.75. The molecule has 1 aliphatic rings. The molecule has 0 saturated heterocycles. The average molecular weight is 386 g/mol. The van der Waals surface area contributed by atoms with Crippen LogP contribution in [0.5, 0.6) is 0 Å². The lowest BCUT2D eigenvalue weighted by molar-refractivity contribution is 0.311. The van der Waals surface area contributed by atoms with Crippen molar-refractivity contribution in [1.29, 1.82) is 0 Å². The predicted molar refractivity (Wildman–Crippen MR) is 114 cm³/mol. The second kappa shape index (κ2) is 7.18. The molecule has 2 aromatic heterocycles. The lowest BCUT2D eigenvalue weighted by Crippen LogP contribution is -2.18. The van der Waals surface area contributed by atoms with E-state index in [4.69, 9.17) is 9.97 Å². The Morgan fingerprint density at radius 1 is 1.07 bits per heavy atom. The van der Waals surface area contributed by atoms with Crippen LogP contribution in [0.4, 0.5) is 17.5 Å². The number of fused-ring (bicyclic) bond motifs is 2. The molecule has 1 aliphatic heterocycles. The number of hydrogen-bond acceptors (Lipinski definition) is 6. The summed E-state index contributed by atoms with van der Waals surface area (Å²) in [5, 5.41) is 17.9. The van der Waals surface area contributed by atoms with Gasteiger partial charge in [-0.1, -0.05) is 35.9 Å². The predicted octanol–water partition coefficient (Wildman–Crippen LogP) is 3.22. The van der Waals surface area contributed by atoms with Crippen LogP contribution in [0.15, 0.2) is 54.7 Å². The topological polar surface area (TPSA) is 79.1 Å². The van der Waals surface area contributed by atoms with E-state index in [1.54, 1.807) is 6.20 Å². The Hall–Kier alpha value is -3.45. The molecule has 2 N–H and O–H groups in total. The molecule has 7 nitrogen and oxygen atoms in total. The van der Waals surface area contributed by atoms with Crippen LogP contribution in [0.3, 0.4) is 0 Å². The number of nitrogens with zero attached hydrogens (tertiary/aromatic N) is 5. The monoisotopic (exact) mass is 386 g/mol. The number of hydrogen-bond donors (Lipinski definition) is 2.